The molecule has 0 saturated carbocycles. The lowest BCUT2D eigenvalue weighted by molar-refractivity contribution is -0.0203. The third-order valence-corrected chi connectivity index (χ3v) is 3.89. The van der Waals surface area contributed by atoms with Gasteiger partial charge in [-0.3, -0.25) is 4.79 Å². The van der Waals surface area contributed by atoms with E-state index in [1.165, 1.54) is 20.1 Å². The maximum atomic E-state index is 11.8. The van der Waals surface area contributed by atoms with Gasteiger partial charge in [-0.15, -0.1) is 0 Å². The minimum absolute atomic E-state index is 0.115. The van der Waals surface area contributed by atoms with E-state index in [2.05, 4.69) is 0 Å². The number of ketones is 1. The Hall–Kier alpha value is -2.73. The lowest BCUT2D eigenvalue weighted by Gasteiger charge is -2.21. The number of carbonyl (C=O) groups is 1. The molecule has 0 radical (unpaired) electrons. The van der Waals surface area contributed by atoms with Crippen LogP contribution in [-0.4, -0.2) is 23.1 Å². The van der Waals surface area contributed by atoms with Crippen molar-refractivity contribution in [2.24, 2.45) is 0 Å². The van der Waals surface area contributed by atoms with Crippen LogP contribution in [0.4, 0.5) is 0 Å². The number of phenols is 1. The molecule has 2 heterocycles. The Balaban J connectivity index is 2.27. The summed E-state index contributed by atoms with van der Waals surface area (Å²) in [5, 5.41) is 21.4. The van der Waals surface area contributed by atoms with Crippen molar-refractivity contribution in [1.29, 1.82) is 0 Å². The average molecular weight is 300 g/mol. The van der Waals surface area contributed by atoms with Crippen molar-refractivity contribution in [3.05, 3.63) is 29.3 Å². The summed E-state index contributed by atoms with van der Waals surface area (Å²) >= 11 is 0. The molecule has 0 saturated heterocycles. The van der Waals surface area contributed by atoms with Crippen molar-refractivity contribution in [3.63, 3.8) is 0 Å². The molecular weight excluding hydrogens is 288 g/mol. The van der Waals surface area contributed by atoms with Gasteiger partial charge in [0.15, 0.2) is 17.3 Å². The third-order valence-electron chi connectivity index (χ3n) is 3.89. The summed E-state index contributed by atoms with van der Waals surface area (Å²) in [6, 6.07) is 4.60. The maximum absolute atomic E-state index is 11.8. The van der Waals surface area contributed by atoms with E-state index >= 15 is 0 Å². The molecule has 1 aliphatic heterocycles. The van der Waals surface area contributed by atoms with Gasteiger partial charge in [0.05, 0.1) is 18.1 Å². The first kappa shape index (κ1) is 13.0. The molecule has 0 spiro atoms. The van der Waals surface area contributed by atoms with Crippen LogP contribution in [0.5, 0.6) is 17.2 Å². The van der Waals surface area contributed by atoms with Gasteiger partial charge in [0, 0.05) is 17.0 Å². The Kier molecular flexibility index (Phi) is 2.44. The first-order chi connectivity index (χ1) is 10.5. The predicted octanol–water partition coefficient (Wildman–Crippen LogP) is 2.89. The van der Waals surface area contributed by atoms with E-state index < -0.39 is 6.29 Å². The number of hydrogen-bond acceptors (Lipinski definition) is 6. The number of hydrogen-bond donors (Lipinski definition) is 2. The van der Waals surface area contributed by atoms with Crippen LogP contribution >= 0.6 is 0 Å². The summed E-state index contributed by atoms with van der Waals surface area (Å²) in [6.45, 7) is 1.39. The number of Topliss-reactive ketones (excluding diaryl/α,β-unsaturated/α-hetero) is 1. The zero-order chi connectivity index (χ0) is 15.6. The fraction of sp³-hybridized carbons (Fsp3) is 0.188. The van der Waals surface area contributed by atoms with Crippen molar-refractivity contribution in [2.45, 2.75) is 13.2 Å². The second kappa shape index (κ2) is 4.14. The van der Waals surface area contributed by atoms with Gasteiger partial charge in [0.25, 0.3) is 0 Å². The van der Waals surface area contributed by atoms with Gasteiger partial charge in [-0.1, -0.05) is 0 Å². The van der Waals surface area contributed by atoms with E-state index in [1.54, 1.807) is 12.1 Å². The number of aliphatic hydroxyl groups excluding tert-OH is 1. The average Bonchev–Trinajstić information content (AvgIpc) is 2.87. The number of carbonyl (C=O) groups excluding carboxylic acids is 1. The molecule has 3 aromatic rings. The number of phenolic OH excluding ortho intramolecular Hbond substituents is 1. The van der Waals surface area contributed by atoms with Crippen LogP contribution in [0.3, 0.4) is 0 Å². The summed E-state index contributed by atoms with van der Waals surface area (Å²) in [7, 11) is 1.50. The molecule has 6 heteroatoms. The first-order valence-electron chi connectivity index (χ1n) is 6.67. The van der Waals surface area contributed by atoms with Gasteiger partial charge in [0.1, 0.15) is 16.9 Å². The largest absolute Gasteiger partial charge is 0.504 e. The zero-order valence-corrected chi connectivity index (χ0v) is 11.8. The highest BCUT2D eigenvalue weighted by Gasteiger charge is 2.31. The van der Waals surface area contributed by atoms with E-state index in [0.29, 0.717) is 33.3 Å². The van der Waals surface area contributed by atoms with Crippen molar-refractivity contribution < 1.29 is 28.9 Å². The van der Waals surface area contributed by atoms with Crippen molar-refractivity contribution in [3.8, 4) is 17.2 Å². The van der Waals surface area contributed by atoms with Crippen LogP contribution in [0.15, 0.2) is 22.6 Å². The minimum atomic E-state index is -1.25. The lowest BCUT2D eigenvalue weighted by atomic mass is 9.99. The molecule has 4 rings (SSSR count). The first-order valence-corrected chi connectivity index (χ1v) is 6.67. The molecule has 0 unspecified atom stereocenters. The topological polar surface area (TPSA) is 89.1 Å². The van der Waals surface area contributed by atoms with Crippen molar-refractivity contribution in [1.82, 2.24) is 0 Å². The summed E-state index contributed by atoms with van der Waals surface area (Å²) in [6.07, 6.45) is -1.25. The summed E-state index contributed by atoms with van der Waals surface area (Å²) < 4.78 is 16.4. The Morgan fingerprint density at radius 2 is 2.05 bits per heavy atom. The number of methoxy groups -OCH3 is 1. The number of benzene rings is 2. The summed E-state index contributed by atoms with van der Waals surface area (Å²) in [5.74, 6) is 0.173. The number of aliphatic hydroxyl groups is 1. The molecular formula is C16H12O6. The van der Waals surface area contributed by atoms with E-state index in [1.807, 2.05) is 0 Å². The van der Waals surface area contributed by atoms with Gasteiger partial charge >= 0.3 is 0 Å². The molecule has 0 amide bonds. The maximum Gasteiger partial charge on any atom is 0.225 e. The molecule has 0 aliphatic carbocycles. The SMILES string of the molecule is COc1cc2c3c(c1)oc1c(C(C)=O)cc(O)c(c13)O[C@@H]2O. The van der Waals surface area contributed by atoms with Gasteiger partial charge in [-0.2, -0.15) is 0 Å². The van der Waals surface area contributed by atoms with Gasteiger partial charge in [-0.05, 0) is 19.1 Å². The Labute approximate surface area is 124 Å². The van der Waals surface area contributed by atoms with Crippen LogP contribution < -0.4 is 9.47 Å². The molecule has 1 aromatic heterocycles. The van der Waals surface area contributed by atoms with Crippen LogP contribution in [0, 0.1) is 0 Å². The summed E-state index contributed by atoms with van der Waals surface area (Å²) in [5.41, 5.74) is 1.52. The van der Waals surface area contributed by atoms with Gasteiger partial charge < -0.3 is 24.1 Å². The van der Waals surface area contributed by atoms with Gasteiger partial charge in [0.2, 0.25) is 6.29 Å². The molecule has 0 bridgehead atoms. The Morgan fingerprint density at radius 1 is 1.27 bits per heavy atom. The van der Waals surface area contributed by atoms with Crippen molar-refractivity contribution in [2.75, 3.05) is 7.11 Å². The monoisotopic (exact) mass is 300 g/mol. The fourth-order valence-corrected chi connectivity index (χ4v) is 2.90. The highest BCUT2D eigenvalue weighted by Crippen LogP contribution is 2.50. The molecule has 22 heavy (non-hydrogen) atoms. The van der Waals surface area contributed by atoms with E-state index in [-0.39, 0.29) is 22.8 Å². The minimum Gasteiger partial charge on any atom is -0.504 e. The van der Waals surface area contributed by atoms with E-state index in [4.69, 9.17) is 13.9 Å². The van der Waals surface area contributed by atoms with Crippen LogP contribution in [-0.2, 0) is 0 Å². The van der Waals surface area contributed by atoms with E-state index in [0.717, 1.165) is 0 Å². The Bertz CT molecular complexity index is 953. The number of rotatable bonds is 2. The highest BCUT2D eigenvalue weighted by molar-refractivity contribution is 6.18. The number of furan rings is 1. The highest BCUT2D eigenvalue weighted by atomic mass is 16.6. The fourth-order valence-electron chi connectivity index (χ4n) is 2.90. The normalized spacial score (nSPS) is 16.2. The van der Waals surface area contributed by atoms with E-state index in [9.17, 15) is 15.0 Å². The molecule has 112 valence electrons. The van der Waals surface area contributed by atoms with Crippen molar-refractivity contribution >= 4 is 27.7 Å². The second-order valence-corrected chi connectivity index (χ2v) is 5.19. The van der Waals surface area contributed by atoms with Gasteiger partial charge in [-0.25, -0.2) is 0 Å². The third kappa shape index (κ3) is 1.50. The summed E-state index contributed by atoms with van der Waals surface area (Å²) in [4.78, 5) is 11.8. The smallest absolute Gasteiger partial charge is 0.225 e. The molecule has 6 nitrogen and oxygen atoms in total. The quantitative estimate of drug-likeness (QED) is 0.707. The molecule has 2 aromatic carbocycles. The second-order valence-electron chi connectivity index (χ2n) is 5.19. The zero-order valence-electron chi connectivity index (χ0n) is 11.8. The molecule has 0 fully saturated rings. The standard InChI is InChI=1S/C16H12O6/c1-6(17)8-5-10(18)15-13-12-9(16(19)22-15)3-7(20-2)4-11(12)21-14(8)13/h3-5,16,18-19H,1-2H3/t16-/m0/s1. The number of aromatic hydroxyl groups is 1. The lowest BCUT2D eigenvalue weighted by Crippen LogP contribution is -2.11. The Morgan fingerprint density at radius 3 is 2.73 bits per heavy atom. The molecule has 1 aliphatic rings. The van der Waals surface area contributed by atoms with Crippen LogP contribution in [0.1, 0.15) is 29.1 Å². The van der Waals surface area contributed by atoms with Crippen LogP contribution in [0.25, 0.3) is 21.9 Å². The molecule has 1 atom stereocenters. The van der Waals surface area contributed by atoms with Crippen LogP contribution in [0.2, 0.25) is 0 Å². The number of ether oxygens (including phenoxy) is 2. The molecule has 2 N–H and O–H groups in total. The predicted molar refractivity (Wildman–Crippen MR) is 77.5 cm³/mol.